The second-order valence-corrected chi connectivity index (χ2v) is 4.40. The van der Waals surface area contributed by atoms with Gasteiger partial charge in [-0.1, -0.05) is 6.92 Å². The molecule has 1 atom stereocenters. The van der Waals surface area contributed by atoms with E-state index >= 15 is 0 Å². The quantitative estimate of drug-likeness (QED) is 0.751. The fourth-order valence-electron chi connectivity index (χ4n) is 1.48. The van der Waals surface area contributed by atoms with Crippen LogP contribution in [0.4, 0.5) is 5.95 Å². The summed E-state index contributed by atoms with van der Waals surface area (Å²) in [6.45, 7) is 8.37. The topological polar surface area (TPSA) is 54.2 Å². The van der Waals surface area contributed by atoms with Crippen molar-refractivity contribution < 1.29 is 4.52 Å². The third kappa shape index (κ3) is 4.73. The zero-order valence-electron chi connectivity index (χ0n) is 11.4. The molecule has 5 heteroatoms. The van der Waals surface area contributed by atoms with Crippen molar-refractivity contribution in [3.8, 4) is 0 Å². The Labute approximate surface area is 104 Å². The maximum absolute atomic E-state index is 5.21. The number of aromatic nitrogens is 2. The van der Waals surface area contributed by atoms with E-state index in [1.807, 2.05) is 11.9 Å². The van der Waals surface area contributed by atoms with Gasteiger partial charge in [0.05, 0.1) is 0 Å². The molecule has 0 bridgehead atoms. The zero-order chi connectivity index (χ0) is 12.7. The number of rotatable bonds is 8. The molecule has 1 aromatic heterocycles. The maximum atomic E-state index is 5.21. The van der Waals surface area contributed by atoms with Gasteiger partial charge in [-0.3, -0.25) is 0 Å². The fourth-order valence-corrected chi connectivity index (χ4v) is 1.48. The van der Waals surface area contributed by atoms with E-state index in [-0.39, 0.29) is 0 Å². The van der Waals surface area contributed by atoms with Crippen LogP contribution in [0, 0.1) is 0 Å². The zero-order valence-corrected chi connectivity index (χ0v) is 11.4. The SMILES string of the molecule is CCCNC(C)CCc1nc(N(C)CC)no1. The smallest absolute Gasteiger partial charge is 0.265 e. The van der Waals surface area contributed by atoms with E-state index in [1.54, 1.807) is 0 Å². The van der Waals surface area contributed by atoms with Crippen LogP contribution in [0.5, 0.6) is 0 Å². The third-order valence-corrected chi connectivity index (χ3v) is 2.81. The molecule has 0 saturated carbocycles. The molecule has 98 valence electrons. The van der Waals surface area contributed by atoms with Crippen molar-refractivity contribution in [2.45, 2.75) is 46.1 Å². The Morgan fingerprint density at radius 1 is 1.41 bits per heavy atom. The van der Waals surface area contributed by atoms with Crippen molar-refractivity contribution >= 4 is 5.95 Å². The van der Waals surface area contributed by atoms with Crippen LogP contribution < -0.4 is 10.2 Å². The minimum absolute atomic E-state index is 0.495. The summed E-state index contributed by atoms with van der Waals surface area (Å²) in [7, 11) is 1.96. The number of aryl methyl sites for hydroxylation is 1. The predicted octanol–water partition coefficient (Wildman–Crippen LogP) is 1.85. The van der Waals surface area contributed by atoms with Crippen molar-refractivity contribution in [3.05, 3.63) is 5.89 Å². The normalized spacial score (nSPS) is 12.7. The minimum Gasteiger partial charge on any atom is -0.342 e. The highest BCUT2D eigenvalue weighted by atomic mass is 16.5. The Morgan fingerprint density at radius 2 is 2.18 bits per heavy atom. The van der Waals surface area contributed by atoms with Crippen LogP contribution in [0.2, 0.25) is 0 Å². The number of hydrogen-bond donors (Lipinski definition) is 1. The molecule has 0 saturated heterocycles. The molecule has 0 spiro atoms. The highest BCUT2D eigenvalue weighted by molar-refractivity contribution is 5.24. The molecule has 0 fully saturated rings. The van der Waals surface area contributed by atoms with E-state index in [2.05, 4.69) is 36.2 Å². The summed E-state index contributed by atoms with van der Waals surface area (Å²) >= 11 is 0. The number of anilines is 1. The molecule has 1 heterocycles. The van der Waals surface area contributed by atoms with Gasteiger partial charge in [0.25, 0.3) is 5.95 Å². The lowest BCUT2D eigenvalue weighted by atomic mass is 10.2. The van der Waals surface area contributed by atoms with Crippen LogP contribution in [0.3, 0.4) is 0 Å². The summed E-state index contributed by atoms with van der Waals surface area (Å²) in [5.41, 5.74) is 0. The molecule has 1 N–H and O–H groups in total. The number of nitrogens with one attached hydrogen (secondary N) is 1. The molecular weight excluding hydrogens is 216 g/mol. The van der Waals surface area contributed by atoms with Crippen molar-refractivity contribution in [3.63, 3.8) is 0 Å². The van der Waals surface area contributed by atoms with E-state index in [4.69, 9.17) is 4.52 Å². The van der Waals surface area contributed by atoms with Crippen molar-refractivity contribution in [1.29, 1.82) is 0 Å². The molecule has 1 unspecified atom stereocenters. The Balaban J connectivity index is 2.34. The number of nitrogens with zero attached hydrogens (tertiary/aromatic N) is 3. The van der Waals surface area contributed by atoms with Gasteiger partial charge in [0, 0.05) is 26.1 Å². The summed E-state index contributed by atoms with van der Waals surface area (Å²) in [5, 5.41) is 7.39. The number of hydrogen-bond acceptors (Lipinski definition) is 5. The molecule has 1 aromatic rings. The molecule has 0 aliphatic rings. The molecule has 5 nitrogen and oxygen atoms in total. The lowest BCUT2D eigenvalue weighted by molar-refractivity contribution is 0.366. The Hall–Kier alpha value is -1.10. The van der Waals surface area contributed by atoms with Gasteiger partial charge in [-0.05, 0) is 38.4 Å². The molecule has 0 aliphatic carbocycles. The van der Waals surface area contributed by atoms with E-state index in [0.717, 1.165) is 38.2 Å². The molecular formula is C12H24N4O. The maximum Gasteiger partial charge on any atom is 0.265 e. The minimum atomic E-state index is 0.495. The molecule has 17 heavy (non-hydrogen) atoms. The highest BCUT2D eigenvalue weighted by Crippen LogP contribution is 2.09. The first-order valence-corrected chi connectivity index (χ1v) is 6.44. The van der Waals surface area contributed by atoms with Crippen molar-refractivity contribution in [1.82, 2.24) is 15.5 Å². The van der Waals surface area contributed by atoms with E-state index in [9.17, 15) is 0 Å². The predicted molar refractivity (Wildman–Crippen MR) is 69.3 cm³/mol. The van der Waals surface area contributed by atoms with Crippen LogP contribution in [-0.4, -0.2) is 36.3 Å². The van der Waals surface area contributed by atoms with Crippen LogP contribution in [0.25, 0.3) is 0 Å². The summed E-state index contributed by atoms with van der Waals surface area (Å²) in [5.74, 6) is 1.40. The van der Waals surface area contributed by atoms with Gasteiger partial charge in [0.15, 0.2) is 0 Å². The third-order valence-electron chi connectivity index (χ3n) is 2.81. The van der Waals surface area contributed by atoms with Crippen molar-refractivity contribution in [2.24, 2.45) is 0 Å². The fraction of sp³-hybridized carbons (Fsp3) is 0.833. The first-order valence-electron chi connectivity index (χ1n) is 6.44. The van der Waals surface area contributed by atoms with Gasteiger partial charge in [-0.25, -0.2) is 0 Å². The monoisotopic (exact) mass is 240 g/mol. The second-order valence-electron chi connectivity index (χ2n) is 4.40. The second kappa shape index (κ2) is 7.27. The van der Waals surface area contributed by atoms with Crippen LogP contribution in [0.1, 0.15) is 39.5 Å². The van der Waals surface area contributed by atoms with E-state index < -0.39 is 0 Å². The summed E-state index contributed by atoms with van der Waals surface area (Å²) in [6.07, 6.45) is 3.02. The largest absolute Gasteiger partial charge is 0.342 e. The van der Waals surface area contributed by atoms with E-state index in [1.165, 1.54) is 0 Å². The van der Waals surface area contributed by atoms with E-state index in [0.29, 0.717) is 12.0 Å². The van der Waals surface area contributed by atoms with Gasteiger partial charge in [0.2, 0.25) is 5.89 Å². The lowest BCUT2D eigenvalue weighted by Gasteiger charge is -2.11. The van der Waals surface area contributed by atoms with Gasteiger partial charge in [-0.2, -0.15) is 4.98 Å². The first kappa shape index (κ1) is 14.0. The Bertz CT molecular complexity index is 313. The van der Waals surface area contributed by atoms with Crippen molar-refractivity contribution in [2.75, 3.05) is 25.0 Å². The average molecular weight is 240 g/mol. The molecule has 0 aromatic carbocycles. The van der Waals surface area contributed by atoms with Crippen LogP contribution in [0.15, 0.2) is 4.52 Å². The van der Waals surface area contributed by atoms with Gasteiger partial charge >= 0.3 is 0 Å². The molecule has 0 aliphatic heterocycles. The highest BCUT2D eigenvalue weighted by Gasteiger charge is 2.10. The Kier molecular flexibility index (Phi) is 5.97. The van der Waals surface area contributed by atoms with Crippen LogP contribution >= 0.6 is 0 Å². The molecule has 0 amide bonds. The van der Waals surface area contributed by atoms with Gasteiger partial charge < -0.3 is 14.7 Å². The Morgan fingerprint density at radius 3 is 2.82 bits per heavy atom. The van der Waals surface area contributed by atoms with Crippen LogP contribution in [-0.2, 0) is 6.42 Å². The summed E-state index contributed by atoms with van der Waals surface area (Å²) < 4.78 is 5.21. The average Bonchev–Trinajstić information content (AvgIpc) is 2.81. The molecule has 0 radical (unpaired) electrons. The van der Waals surface area contributed by atoms with Gasteiger partial charge in [-0.15, -0.1) is 0 Å². The molecule has 1 rings (SSSR count). The standard InChI is InChI=1S/C12H24N4O/c1-5-9-13-10(3)7-8-11-14-12(15-17-11)16(4)6-2/h10,13H,5-9H2,1-4H3. The lowest BCUT2D eigenvalue weighted by Crippen LogP contribution is -2.27. The van der Waals surface area contributed by atoms with Gasteiger partial charge in [0.1, 0.15) is 0 Å². The first-order chi connectivity index (χ1) is 8.17. The summed E-state index contributed by atoms with van der Waals surface area (Å²) in [4.78, 5) is 6.32. The summed E-state index contributed by atoms with van der Waals surface area (Å²) in [6, 6.07) is 0.495.